The quantitative estimate of drug-likeness (QED) is 0.586. The molecule has 1 aromatic rings. The van der Waals surface area contributed by atoms with E-state index in [-0.39, 0.29) is 28.3 Å². The van der Waals surface area contributed by atoms with Crippen molar-refractivity contribution in [3.05, 3.63) is 22.4 Å². The molecular formula is C11H11BrClF4NO2. The van der Waals surface area contributed by atoms with E-state index in [1.807, 2.05) is 0 Å². The van der Waals surface area contributed by atoms with Gasteiger partial charge in [-0.3, -0.25) is 0 Å². The number of aliphatic hydroxyl groups excluding tert-OH is 1. The Morgan fingerprint density at radius 3 is 2.60 bits per heavy atom. The van der Waals surface area contributed by atoms with Crippen molar-refractivity contribution in [2.24, 2.45) is 0 Å². The Labute approximate surface area is 126 Å². The fraction of sp³-hybridized carbons (Fsp3) is 0.455. The average molecular weight is 381 g/mol. The summed E-state index contributed by atoms with van der Waals surface area (Å²) in [5, 5.41) is 11.9. The average Bonchev–Trinajstić information content (AvgIpc) is 2.36. The minimum atomic E-state index is -4.51. The van der Waals surface area contributed by atoms with Crippen molar-refractivity contribution < 1.29 is 27.4 Å². The Morgan fingerprint density at radius 2 is 2.05 bits per heavy atom. The first-order valence-corrected chi connectivity index (χ1v) is 6.72. The number of nitrogens with one attached hydrogen (secondary N) is 1. The van der Waals surface area contributed by atoms with Crippen LogP contribution in [0.15, 0.2) is 16.6 Å². The number of ether oxygens (including phenoxy) is 1. The van der Waals surface area contributed by atoms with E-state index in [1.165, 1.54) is 0 Å². The first kappa shape index (κ1) is 17.3. The van der Waals surface area contributed by atoms with Gasteiger partial charge < -0.3 is 15.2 Å². The molecule has 1 aromatic carbocycles. The van der Waals surface area contributed by atoms with E-state index < -0.39 is 24.7 Å². The minimum absolute atomic E-state index is 0.000818. The zero-order valence-corrected chi connectivity index (χ0v) is 12.3. The number of halogens is 6. The van der Waals surface area contributed by atoms with Crippen molar-refractivity contribution in [1.29, 1.82) is 0 Å². The standard InChI is InChI=1S/C11H11BrClF4NO2/c12-7-1-10(20-5-11(15,16)17)9(2-8(7)14)18-4-6(19)3-13/h1-2,6,18-19H,3-5H2. The number of hydrogen-bond donors (Lipinski definition) is 2. The molecule has 2 N–H and O–H groups in total. The second-order valence-electron chi connectivity index (χ2n) is 3.86. The van der Waals surface area contributed by atoms with Gasteiger partial charge in [-0.05, 0) is 22.0 Å². The van der Waals surface area contributed by atoms with Crippen molar-refractivity contribution in [2.75, 3.05) is 24.3 Å². The molecule has 114 valence electrons. The van der Waals surface area contributed by atoms with Crippen molar-refractivity contribution in [3.8, 4) is 5.75 Å². The van der Waals surface area contributed by atoms with Crippen LogP contribution in [0.1, 0.15) is 0 Å². The molecule has 1 rings (SSSR count). The fourth-order valence-corrected chi connectivity index (χ4v) is 1.66. The molecule has 0 bridgehead atoms. The van der Waals surface area contributed by atoms with Gasteiger partial charge in [-0.1, -0.05) is 0 Å². The molecule has 1 unspecified atom stereocenters. The van der Waals surface area contributed by atoms with Crippen LogP contribution in [0.3, 0.4) is 0 Å². The monoisotopic (exact) mass is 379 g/mol. The van der Waals surface area contributed by atoms with Crippen LogP contribution < -0.4 is 10.1 Å². The summed E-state index contributed by atoms with van der Waals surface area (Å²) in [6, 6.07) is 2.05. The summed E-state index contributed by atoms with van der Waals surface area (Å²) in [6.07, 6.45) is -5.42. The largest absolute Gasteiger partial charge is 0.482 e. The van der Waals surface area contributed by atoms with E-state index in [4.69, 9.17) is 11.6 Å². The maximum absolute atomic E-state index is 13.4. The molecule has 0 saturated heterocycles. The van der Waals surface area contributed by atoms with Crippen molar-refractivity contribution in [1.82, 2.24) is 0 Å². The van der Waals surface area contributed by atoms with Gasteiger partial charge >= 0.3 is 6.18 Å². The number of anilines is 1. The van der Waals surface area contributed by atoms with E-state index in [0.29, 0.717) is 0 Å². The Bertz CT molecular complexity index is 459. The van der Waals surface area contributed by atoms with E-state index in [1.54, 1.807) is 0 Å². The van der Waals surface area contributed by atoms with Crippen LogP contribution in [0.5, 0.6) is 5.75 Å². The fourth-order valence-electron chi connectivity index (χ4n) is 1.23. The summed E-state index contributed by atoms with van der Waals surface area (Å²) in [4.78, 5) is 0. The molecular weight excluding hydrogens is 369 g/mol. The molecule has 0 aromatic heterocycles. The third-order valence-electron chi connectivity index (χ3n) is 2.12. The predicted molar refractivity (Wildman–Crippen MR) is 70.9 cm³/mol. The van der Waals surface area contributed by atoms with Gasteiger partial charge in [-0.2, -0.15) is 13.2 Å². The van der Waals surface area contributed by atoms with Crippen LogP contribution in [0.4, 0.5) is 23.2 Å². The second-order valence-corrected chi connectivity index (χ2v) is 5.02. The highest BCUT2D eigenvalue weighted by atomic mass is 79.9. The number of aliphatic hydroxyl groups is 1. The van der Waals surface area contributed by atoms with E-state index in [2.05, 4.69) is 26.0 Å². The van der Waals surface area contributed by atoms with Crippen LogP contribution in [-0.2, 0) is 0 Å². The highest BCUT2D eigenvalue weighted by molar-refractivity contribution is 9.10. The summed E-state index contributed by atoms with van der Waals surface area (Å²) in [5.41, 5.74) is -0.000818. The van der Waals surface area contributed by atoms with E-state index in [9.17, 15) is 22.7 Å². The molecule has 0 aliphatic rings. The van der Waals surface area contributed by atoms with Crippen LogP contribution in [0.2, 0.25) is 0 Å². The zero-order chi connectivity index (χ0) is 15.3. The molecule has 0 radical (unpaired) electrons. The molecule has 0 saturated carbocycles. The van der Waals surface area contributed by atoms with Gasteiger partial charge in [0.15, 0.2) is 6.61 Å². The Hall–Kier alpha value is -0.730. The van der Waals surface area contributed by atoms with Crippen LogP contribution >= 0.6 is 27.5 Å². The first-order chi connectivity index (χ1) is 9.23. The van der Waals surface area contributed by atoms with E-state index in [0.717, 1.165) is 12.1 Å². The molecule has 0 aliphatic heterocycles. The molecule has 0 fully saturated rings. The molecule has 0 heterocycles. The Kier molecular flexibility index (Phi) is 6.35. The molecule has 3 nitrogen and oxygen atoms in total. The normalized spacial score (nSPS) is 13.2. The van der Waals surface area contributed by atoms with Crippen molar-refractivity contribution in [3.63, 3.8) is 0 Å². The lowest BCUT2D eigenvalue weighted by molar-refractivity contribution is -0.153. The molecule has 0 amide bonds. The lowest BCUT2D eigenvalue weighted by Crippen LogP contribution is -2.22. The zero-order valence-electron chi connectivity index (χ0n) is 9.98. The van der Waals surface area contributed by atoms with Gasteiger partial charge in [-0.15, -0.1) is 11.6 Å². The number of rotatable bonds is 6. The van der Waals surface area contributed by atoms with Crippen molar-refractivity contribution >= 4 is 33.2 Å². The third-order valence-corrected chi connectivity index (χ3v) is 3.08. The van der Waals surface area contributed by atoms with Crippen molar-refractivity contribution in [2.45, 2.75) is 12.3 Å². The SMILES string of the molecule is OC(CCl)CNc1cc(F)c(Br)cc1OCC(F)(F)F. The minimum Gasteiger partial charge on any atom is -0.482 e. The Morgan fingerprint density at radius 1 is 1.40 bits per heavy atom. The van der Waals surface area contributed by atoms with Gasteiger partial charge in [0, 0.05) is 12.6 Å². The molecule has 20 heavy (non-hydrogen) atoms. The third kappa shape index (κ3) is 5.72. The van der Waals surface area contributed by atoms with Gasteiger partial charge in [-0.25, -0.2) is 4.39 Å². The molecule has 0 aliphatic carbocycles. The van der Waals surface area contributed by atoms with Gasteiger partial charge in [0.1, 0.15) is 11.6 Å². The summed E-state index contributed by atoms with van der Waals surface area (Å²) in [7, 11) is 0. The molecule has 9 heteroatoms. The lowest BCUT2D eigenvalue weighted by Gasteiger charge is -2.16. The summed E-state index contributed by atoms with van der Waals surface area (Å²) < 4.78 is 54.4. The summed E-state index contributed by atoms with van der Waals surface area (Å²) in [6.45, 7) is -1.55. The summed E-state index contributed by atoms with van der Waals surface area (Å²) in [5.74, 6) is -0.922. The van der Waals surface area contributed by atoms with E-state index >= 15 is 0 Å². The van der Waals surface area contributed by atoms with Gasteiger partial charge in [0.2, 0.25) is 0 Å². The lowest BCUT2D eigenvalue weighted by atomic mass is 10.2. The van der Waals surface area contributed by atoms with Crippen LogP contribution in [0, 0.1) is 5.82 Å². The number of hydrogen-bond acceptors (Lipinski definition) is 3. The van der Waals surface area contributed by atoms with Crippen LogP contribution in [-0.4, -0.2) is 36.4 Å². The Balaban J connectivity index is 2.86. The highest BCUT2D eigenvalue weighted by Gasteiger charge is 2.29. The predicted octanol–water partition coefficient (Wildman–Crippen LogP) is 3.54. The number of alkyl halides is 4. The first-order valence-electron chi connectivity index (χ1n) is 5.39. The summed E-state index contributed by atoms with van der Waals surface area (Å²) >= 11 is 8.24. The molecule has 0 spiro atoms. The topological polar surface area (TPSA) is 41.5 Å². The highest BCUT2D eigenvalue weighted by Crippen LogP contribution is 2.32. The van der Waals surface area contributed by atoms with Gasteiger partial charge in [0.25, 0.3) is 0 Å². The molecule has 1 atom stereocenters. The maximum atomic E-state index is 13.4. The van der Waals surface area contributed by atoms with Gasteiger partial charge in [0.05, 0.1) is 22.1 Å². The smallest absolute Gasteiger partial charge is 0.422 e. The number of benzene rings is 1. The van der Waals surface area contributed by atoms with Crippen LogP contribution in [0.25, 0.3) is 0 Å². The second kappa shape index (κ2) is 7.33. The maximum Gasteiger partial charge on any atom is 0.422 e.